The van der Waals surface area contributed by atoms with E-state index in [-0.39, 0.29) is 5.75 Å². The number of anilines is 1. The number of ether oxygens (including phenoxy) is 1. The predicted octanol–water partition coefficient (Wildman–Crippen LogP) is 3.11. The molecule has 0 saturated heterocycles. The van der Waals surface area contributed by atoms with Gasteiger partial charge in [0.25, 0.3) is 5.88 Å². The van der Waals surface area contributed by atoms with E-state index in [9.17, 15) is 18.9 Å². The van der Waals surface area contributed by atoms with Crippen LogP contribution < -0.4 is 16.0 Å². The zero-order valence-corrected chi connectivity index (χ0v) is 11.7. The second-order valence-corrected chi connectivity index (χ2v) is 4.64. The number of benzene rings is 1. The summed E-state index contributed by atoms with van der Waals surface area (Å²) < 4.78 is 32.3. The van der Waals surface area contributed by atoms with Crippen molar-refractivity contribution in [3.8, 4) is 11.6 Å². The van der Waals surface area contributed by atoms with Crippen molar-refractivity contribution >= 4 is 27.4 Å². The van der Waals surface area contributed by atoms with Crippen LogP contribution in [0.2, 0.25) is 0 Å². The molecule has 2 rings (SSSR count). The lowest BCUT2D eigenvalue weighted by molar-refractivity contribution is -0.385. The fourth-order valence-electron chi connectivity index (χ4n) is 1.45. The molecule has 1 aromatic carbocycles. The zero-order valence-electron chi connectivity index (χ0n) is 10.1. The van der Waals surface area contributed by atoms with Crippen LogP contribution in [0.25, 0.3) is 0 Å². The maximum Gasteiger partial charge on any atom is 0.312 e. The first-order chi connectivity index (χ1) is 9.92. The van der Waals surface area contributed by atoms with E-state index in [1.807, 2.05) is 5.43 Å². The third-order valence-corrected chi connectivity index (χ3v) is 2.85. The van der Waals surface area contributed by atoms with E-state index in [0.29, 0.717) is 10.5 Å². The van der Waals surface area contributed by atoms with Crippen LogP contribution in [0.5, 0.6) is 11.6 Å². The van der Waals surface area contributed by atoms with Gasteiger partial charge >= 0.3 is 5.69 Å². The molecule has 0 atom stereocenters. The number of hydrogen-bond donors (Lipinski definition) is 2. The normalized spacial score (nSPS) is 10.3. The number of nitro groups is 1. The maximum absolute atomic E-state index is 13.6. The Bertz CT molecular complexity index is 714. The molecule has 1 heterocycles. The minimum atomic E-state index is -1.12. The van der Waals surface area contributed by atoms with Crippen molar-refractivity contribution in [1.82, 2.24) is 4.98 Å². The van der Waals surface area contributed by atoms with E-state index in [0.717, 1.165) is 0 Å². The number of nitrogens with zero attached hydrogens (tertiary/aromatic N) is 2. The first kappa shape index (κ1) is 15.1. The Morgan fingerprint density at radius 1 is 1.33 bits per heavy atom. The summed E-state index contributed by atoms with van der Waals surface area (Å²) in [6, 6.07) is 4.40. The van der Waals surface area contributed by atoms with Crippen molar-refractivity contribution in [1.29, 1.82) is 0 Å². The first-order valence-corrected chi connectivity index (χ1v) is 6.16. The number of hydrazine groups is 1. The van der Waals surface area contributed by atoms with Crippen molar-refractivity contribution in [3.05, 3.63) is 50.5 Å². The van der Waals surface area contributed by atoms with Crippen molar-refractivity contribution in [2.24, 2.45) is 5.84 Å². The minimum absolute atomic E-state index is 0.246. The number of nitro benzene ring substituents is 1. The molecule has 7 nitrogen and oxygen atoms in total. The fourth-order valence-corrected chi connectivity index (χ4v) is 1.80. The second-order valence-electron chi connectivity index (χ2n) is 3.72. The van der Waals surface area contributed by atoms with E-state index in [4.69, 9.17) is 10.6 Å². The molecule has 10 heteroatoms. The van der Waals surface area contributed by atoms with Gasteiger partial charge in [0.1, 0.15) is 0 Å². The van der Waals surface area contributed by atoms with E-state index in [1.165, 1.54) is 18.2 Å². The van der Waals surface area contributed by atoms with Crippen LogP contribution >= 0.6 is 15.9 Å². The molecule has 0 aliphatic heterocycles. The van der Waals surface area contributed by atoms with Gasteiger partial charge in [0, 0.05) is 16.6 Å². The number of aromatic nitrogens is 1. The van der Waals surface area contributed by atoms with Gasteiger partial charge in [0.05, 0.1) is 4.92 Å². The minimum Gasteiger partial charge on any atom is -0.429 e. The zero-order chi connectivity index (χ0) is 15.6. The molecule has 0 spiro atoms. The Morgan fingerprint density at radius 2 is 2.05 bits per heavy atom. The van der Waals surface area contributed by atoms with E-state index in [1.54, 1.807) is 0 Å². The van der Waals surface area contributed by atoms with Gasteiger partial charge in [0.15, 0.2) is 17.5 Å². The Labute approximate surface area is 125 Å². The quantitative estimate of drug-likeness (QED) is 0.493. The molecule has 21 heavy (non-hydrogen) atoms. The average Bonchev–Trinajstić information content (AvgIpc) is 2.43. The molecule has 0 radical (unpaired) electrons. The number of nitrogen functional groups attached to an aromatic ring is 1. The SMILES string of the molecule is NNc1nc(Oc2ccc(Br)cc2[N+](=O)[O-])c(F)cc1F. The van der Waals surface area contributed by atoms with Crippen LogP contribution in [0.1, 0.15) is 0 Å². The monoisotopic (exact) mass is 360 g/mol. The summed E-state index contributed by atoms with van der Waals surface area (Å²) in [5, 5.41) is 10.9. The van der Waals surface area contributed by atoms with Crippen LogP contribution in [-0.2, 0) is 0 Å². The highest BCUT2D eigenvalue weighted by molar-refractivity contribution is 9.10. The van der Waals surface area contributed by atoms with Gasteiger partial charge in [-0.25, -0.2) is 14.6 Å². The highest BCUT2D eigenvalue weighted by Crippen LogP contribution is 2.34. The summed E-state index contributed by atoms with van der Waals surface area (Å²) in [7, 11) is 0. The average molecular weight is 361 g/mol. The molecule has 0 fully saturated rings. The van der Waals surface area contributed by atoms with Gasteiger partial charge in [-0.3, -0.25) is 10.1 Å². The van der Waals surface area contributed by atoms with Gasteiger partial charge in [-0.2, -0.15) is 4.98 Å². The lowest BCUT2D eigenvalue weighted by Crippen LogP contribution is -2.11. The van der Waals surface area contributed by atoms with Gasteiger partial charge in [-0.15, -0.1) is 0 Å². The van der Waals surface area contributed by atoms with Gasteiger partial charge in [-0.05, 0) is 12.1 Å². The van der Waals surface area contributed by atoms with Crippen LogP contribution in [0.3, 0.4) is 0 Å². The molecule has 0 aliphatic carbocycles. The molecule has 0 saturated carbocycles. The summed E-state index contributed by atoms with van der Waals surface area (Å²) >= 11 is 3.07. The van der Waals surface area contributed by atoms with E-state index in [2.05, 4.69) is 20.9 Å². The first-order valence-electron chi connectivity index (χ1n) is 5.37. The smallest absolute Gasteiger partial charge is 0.312 e. The van der Waals surface area contributed by atoms with Gasteiger partial charge in [0.2, 0.25) is 5.75 Å². The number of nitrogens with one attached hydrogen (secondary N) is 1. The Kier molecular flexibility index (Phi) is 4.29. The second kappa shape index (κ2) is 5.97. The molecular formula is C11H7BrF2N4O3. The lowest BCUT2D eigenvalue weighted by Gasteiger charge is -2.08. The molecule has 0 amide bonds. The van der Waals surface area contributed by atoms with Crippen LogP contribution in [-0.4, -0.2) is 9.91 Å². The largest absolute Gasteiger partial charge is 0.429 e. The summed E-state index contributed by atoms with van der Waals surface area (Å²) in [5.41, 5.74) is 1.52. The number of nitrogens with two attached hydrogens (primary N) is 1. The molecule has 3 N–H and O–H groups in total. The third-order valence-electron chi connectivity index (χ3n) is 2.36. The Hall–Kier alpha value is -2.33. The van der Waals surface area contributed by atoms with Crippen LogP contribution in [0.4, 0.5) is 20.3 Å². The molecule has 2 aromatic rings. The number of rotatable bonds is 4. The topological polar surface area (TPSA) is 103 Å². The highest BCUT2D eigenvalue weighted by Gasteiger charge is 2.20. The van der Waals surface area contributed by atoms with E-state index >= 15 is 0 Å². The third kappa shape index (κ3) is 3.23. The van der Waals surface area contributed by atoms with Crippen molar-refractivity contribution in [3.63, 3.8) is 0 Å². The lowest BCUT2D eigenvalue weighted by atomic mass is 10.3. The highest BCUT2D eigenvalue weighted by atomic mass is 79.9. The summed E-state index contributed by atoms with van der Waals surface area (Å²) in [4.78, 5) is 13.7. The number of pyridine rings is 1. The predicted molar refractivity (Wildman–Crippen MR) is 72.8 cm³/mol. The molecule has 0 unspecified atom stereocenters. The van der Waals surface area contributed by atoms with Crippen molar-refractivity contribution < 1.29 is 18.4 Å². The molecular weight excluding hydrogens is 354 g/mol. The van der Waals surface area contributed by atoms with Gasteiger partial charge in [-0.1, -0.05) is 15.9 Å². The number of halogens is 3. The standard InChI is InChI=1S/C11H7BrF2N4O3/c12-5-1-2-9(8(3-5)18(19)20)21-11-7(14)4-6(13)10(16-11)17-15/h1-4H,15H2,(H,16,17). The van der Waals surface area contributed by atoms with Gasteiger partial charge < -0.3 is 10.2 Å². The molecule has 110 valence electrons. The summed E-state index contributed by atoms with van der Waals surface area (Å²) in [5.74, 6) is 1.53. The van der Waals surface area contributed by atoms with E-state index < -0.39 is 33.9 Å². The van der Waals surface area contributed by atoms with Crippen molar-refractivity contribution in [2.75, 3.05) is 5.43 Å². The number of hydrogen-bond acceptors (Lipinski definition) is 6. The van der Waals surface area contributed by atoms with Crippen molar-refractivity contribution in [2.45, 2.75) is 0 Å². The van der Waals surface area contributed by atoms with Crippen LogP contribution in [0, 0.1) is 21.7 Å². The summed E-state index contributed by atoms with van der Waals surface area (Å²) in [6.07, 6.45) is 0. The molecule has 0 bridgehead atoms. The summed E-state index contributed by atoms with van der Waals surface area (Å²) in [6.45, 7) is 0. The molecule has 1 aromatic heterocycles. The Balaban J connectivity index is 2.45. The maximum atomic E-state index is 13.6. The Morgan fingerprint density at radius 3 is 2.67 bits per heavy atom. The molecule has 0 aliphatic rings. The fraction of sp³-hybridized carbons (Fsp3) is 0. The van der Waals surface area contributed by atoms with Crippen LogP contribution in [0.15, 0.2) is 28.7 Å².